The van der Waals surface area contributed by atoms with Crippen molar-refractivity contribution in [2.75, 3.05) is 67.1 Å². The predicted molar refractivity (Wildman–Crippen MR) is 527 cm³/mol. The van der Waals surface area contributed by atoms with Crippen molar-refractivity contribution in [3.63, 3.8) is 0 Å². The summed E-state index contributed by atoms with van der Waals surface area (Å²) < 4.78 is 79.9. The minimum Gasteiger partial charge on any atom is -0.458 e. The molecule has 0 aliphatic carbocycles. The molecule has 5 aliphatic rings. The maximum Gasteiger partial charge on any atom is 0.351 e. The Morgan fingerprint density at radius 2 is 0.904 bits per heavy atom. The van der Waals surface area contributed by atoms with E-state index in [0.29, 0.717) is 39.0 Å². The van der Waals surface area contributed by atoms with Crippen LogP contribution in [0.1, 0.15) is 277 Å². The number of pyridine rings is 2. The SMILES string of the molecule is CC.CC.CC.CC[C@H]1OC(=O)[C@@](C)(F)C(=O)[C@H](C)[C@@H](C)[C@](C)(OC/C=C/c2cnc3ccccc3c2)C[C@@H](C)C(=O)[C@H](C)[C@H]2CC(=O)O[C@@]21C.CC[C@H]1OC(=O)[C@@](C)(F)C(=O)[C@H](C)[C@@H](C)[C@](C)(OCCNCCCN(C)C)C[C@@H](C)CN(C)[C@H](C)[C@@H](O)[C@]1(C)O.CC[C@H]1OC(=O)[C@H](C)C(=O)[C@H](C)[C@@H](C)[C@](C)(OC/C=C/c2cnc3ccccc3c2)C[C@@H](C)C(=O)[C@H](C)[C@H]2CC(=O)O[C@@]21C. The largest absolute Gasteiger partial charge is 0.458 e. The lowest BCUT2D eigenvalue weighted by Gasteiger charge is -2.43. The van der Waals surface area contributed by atoms with Gasteiger partial charge in [-0.25, -0.2) is 18.4 Å². The van der Waals surface area contributed by atoms with Gasteiger partial charge in [-0.1, -0.05) is 199 Å². The molecule has 5 fully saturated rings. The van der Waals surface area contributed by atoms with Gasteiger partial charge in [0.2, 0.25) is 0 Å². The third-order valence-corrected chi connectivity index (χ3v) is 29.7. The molecule has 4 aromatic rings. The maximum absolute atomic E-state index is 16.1. The van der Waals surface area contributed by atoms with Gasteiger partial charge in [-0.2, -0.15) is 0 Å². The van der Waals surface area contributed by atoms with E-state index >= 15 is 8.78 Å². The molecule has 0 unspecified atom stereocenters. The van der Waals surface area contributed by atoms with Crippen LogP contribution in [-0.4, -0.2) is 231 Å². The second-order valence-corrected chi connectivity index (χ2v) is 39.8. The number of aromatic nitrogens is 2. The van der Waals surface area contributed by atoms with E-state index in [4.69, 9.17) is 37.9 Å². The Balaban J connectivity index is 0.000000412. The van der Waals surface area contributed by atoms with Gasteiger partial charge in [-0.05, 0) is 207 Å². The molecular weight excluding hydrogens is 1730 g/mol. The summed E-state index contributed by atoms with van der Waals surface area (Å²) in [4.78, 5) is 147. The highest BCUT2D eigenvalue weighted by molar-refractivity contribution is 6.08. The molecule has 5 aliphatic heterocycles. The van der Waals surface area contributed by atoms with Gasteiger partial charge < -0.3 is 63.2 Å². The lowest BCUT2D eigenvalue weighted by Crippen LogP contribution is -2.59. The zero-order valence-corrected chi connectivity index (χ0v) is 87.8. The van der Waals surface area contributed by atoms with Crippen LogP contribution < -0.4 is 5.32 Å². The predicted octanol–water partition coefficient (Wildman–Crippen LogP) is 18.6. The number of aliphatic hydroxyl groups is 2. The van der Waals surface area contributed by atoms with E-state index in [0.717, 1.165) is 66.3 Å². The third kappa shape index (κ3) is 29.6. The molecule has 5 saturated heterocycles. The highest BCUT2D eigenvalue weighted by Gasteiger charge is 2.61. The van der Waals surface area contributed by atoms with Crippen LogP contribution in [0.5, 0.6) is 0 Å². The Kier molecular flexibility index (Phi) is 46.2. The van der Waals surface area contributed by atoms with Crippen molar-refractivity contribution in [3.8, 4) is 0 Å². The molecule has 0 radical (unpaired) electrons. The fourth-order valence-electron chi connectivity index (χ4n) is 20.2. The number of hydrogen-bond acceptors (Lipinski definition) is 25. The number of likely N-dealkylation sites (N-methyl/N-ethyl adjacent to an activating group) is 1. The summed E-state index contributed by atoms with van der Waals surface area (Å²) in [5, 5.41) is 27.8. The average molecular weight is 1900 g/mol. The first-order valence-corrected chi connectivity index (χ1v) is 49.6. The average Bonchev–Trinajstić information content (AvgIpc) is 1.59. The Bertz CT molecular complexity index is 4610. The summed E-state index contributed by atoms with van der Waals surface area (Å²) >= 11 is 0. The van der Waals surface area contributed by atoms with Crippen LogP contribution in [-0.2, 0) is 85.8 Å². The number of halogens is 2. The molecule has 760 valence electrons. The topological polar surface area (TPSA) is 329 Å². The molecule has 3 N–H and O–H groups in total. The smallest absolute Gasteiger partial charge is 0.351 e. The number of nitrogens with zero attached hydrogens (tertiary/aromatic N) is 4. The first-order valence-electron chi connectivity index (χ1n) is 49.6. The molecule has 7 heterocycles. The van der Waals surface area contributed by atoms with Crippen LogP contribution in [0, 0.1) is 82.9 Å². The lowest BCUT2D eigenvalue weighted by molar-refractivity contribution is -0.196. The van der Waals surface area contributed by atoms with Crippen molar-refractivity contribution in [1.82, 2.24) is 25.1 Å². The van der Waals surface area contributed by atoms with E-state index in [9.17, 15) is 58.2 Å². The van der Waals surface area contributed by atoms with Crippen molar-refractivity contribution >= 4 is 92.7 Å². The summed E-state index contributed by atoms with van der Waals surface area (Å²) in [5.41, 5.74) is -9.36. The molecule has 27 atom stereocenters. The first kappa shape index (κ1) is 119. The van der Waals surface area contributed by atoms with Crippen LogP contribution in [0.25, 0.3) is 34.0 Å². The van der Waals surface area contributed by atoms with Gasteiger partial charge in [0.1, 0.15) is 64.5 Å². The Morgan fingerprint density at radius 3 is 1.31 bits per heavy atom. The summed E-state index contributed by atoms with van der Waals surface area (Å²) in [5.74, 6) is -14.2. The monoisotopic (exact) mass is 1890 g/mol. The van der Waals surface area contributed by atoms with E-state index in [-0.39, 0.29) is 74.5 Å². The summed E-state index contributed by atoms with van der Waals surface area (Å²) in [6.45, 7) is 56.8. The van der Waals surface area contributed by atoms with E-state index in [1.165, 1.54) is 6.92 Å². The normalized spacial score (nSPS) is 35.8. The van der Waals surface area contributed by atoms with Crippen LogP contribution >= 0.6 is 0 Å². The van der Waals surface area contributed by atoms with Gasteiger partial charge in [-0.3, -0.25) is 48.3 Å². The fourth-order valence-corrected chi connectivity index (χ4v) is 20.2. The number of para-hydroxylation sites is 2. The molecule has 0 saturated carbocycles. The highest BCUT2D eigenvalue weighted by Crippen LogP contribution is 2.49. The van der Waals surface area contributed by atoms with Gasteiger partial charge in [-0.15, -0.1) is 0 Å². The summed E-state index contributed by atoms with van der Waals surface area (Å²) in [6, 6.07) is 19.3. The molecular formula is C108H169F2N5O20. The molecule has 135 heavy (non-hydrogen) atoms. The third-order valence-electron chi connectivity index (χ3n) is 29.7. The second kappa shape index (κ2) is 52.3. The molecule has 2 aromatic heterocycles. The van der Waals surface area contributed by atoms with Gasteiger partial charge >= 0.3 is 29.8 Å². The van der Waals surface area contributed by atoms with Crippen LogP contribution in [0.4, 0.5) is 8.78 Å². The number of benzene rings is 2. The number of fused-ring (bicyclic) bond motifs is 4. The number of alkyl halides is 2. The molecule has 25 nitrogen and oxygen atoms in total. The quantitative estimate of drug-likeness (QED) is 0.0340. The fraction of sp³-hybridized carbons (Fsp3) is 0.704. The number of nitrogens with one attached hydrogen (secondary N) is 1. The number of aliphatic hydroxyl groups excluding tert-OH is 1. The van der Waals surface area contributed by atoms with Crippen molar-refractivity contribution in [2.24, 2.45) is 82.9 Å². The van der Waals surface area contributed by atoms with Gasteiger partial charge in [0.15, 0.2) is 11.6 Å². The van der Waals surface area contributed by atoms with Gasteiger partial charge in [0.25, 0.3) is 11.3 Å². The Hall–Kier alpha value is -8.02. The molecule has 27 heteroatoms. The Morgan fingerprint density at radius 1 is 0.519 bits per heavy atom. The zero-order valence-electron chi connectivity index (χ0n) is 87.8. The number of ketones is 5. The van der Waals surface area contributed by atoms with Crippen molar-refractivity contribution in [2.45, 2.75) is 341 Å². The number of cyclic esters (lactones) is 3. The standard InChI is InChI=1S/C36H46FNO7.C36H47NO7.C30H58FN3O6.3C2H6/c1-9-29-36(8)27(18-30(39)45-36)23(4)31(40)21(2)19-34(6,24(5)22(3)32(41)35(7,37)33(42)44-29)43-16-12-13-25-17-26-14-10-11-15-28(26)38-20-25;1-9-30-36(8)28(18-31(38)44-36)23(4)32(39)21(2)19-35(7,25(6)22(3)33(40)24(5)34(41)43-30)42-16-12-13-26-17-27-14-10-11-15-29(27)37-20-26;1-12-24-30(8,38)26(36)23(5)34(11)19-20(2)18-28(6,39-17-15-32-14-13-16-33(9)10)22(4)21(3)25(35)29(7,31)27(37)40-24;3*1-2/h10-15,17,20-24,27,29H,9,16,18-19H2,1-8H3;10-15,17,20-25,28,30H,9,16,18-19H2,1-8H3;20-24,26,32,36,38H,12-19H2,1-11H3;3*1-2H3/b2*13-12+;;;;/t21-,22-,23-,24-,27-,29-,34-,35+,36+;21-,22-,23-,24-,25-,28-,30-,35-,36+;20-,21-,22-,23-,24-,26-,28-,29+,30-;;;/m111.../s1. The molecule has 0 spiro atoms. The number of rotatable bonds is 19. The van der Waals surface area contributed by atoms with E-state index in [2.05, 4.69) is 33.2 Å². The molecule has 0 amide bonds. The Labute approximate surface area is 805 Å². The van der Waals surface area contributed by atoms with Crippen molar-refractivity contribution in [3.05, 3.63) is 96.3 Å². The summed E-state index contributed by atoms with van der Waals surface area (Å²) in [7, 11) is 5.95. The first-order chi connectivity index (χ1) is 63.1. The lowest BCUT2D eigenvalue weighted by atomic mass is 9.68. The maximum atomic E-state index is 16.1. The number of hydrogen-bond donors (Lipinski definition) is 3. The molecule has 2 aromatic carbocycles. The van der Waals surface area contributed by atoms with Crippen molar-refractivity contribution < 1.29 is 105 Å². The number of Topliss-reactive ketones (excluding diaryl/α,β-unsaturated/α-hetero) is 5. The van der Waals surface area contributed by atoms with E-state index in [1.807, 2.05) is 222 Å². The van der Waals surface area contributed by atoms with Gasteiger partial charge in [0, 0.05) is 95.6 Å². The zero-order chi connectivity index (χ0) is 103. The minimum absolute atomic E-state index is 0.00934. The number of carbonyl (C=O) groups excluding carboxylic acids is 10. The van der Waals surface area contributed by atoms with Gasteiger partial charge in [0.05, 0.1) is 60.5 Å². The molecule has 9 rings (SSSR count). The van der Waals surface area contributed by atoms with Crippen molar-refractivity contribution in [1.29, 1.82) is 0 Å². The van der Waals surface area contributed by atoms with Crippen LogP contribution in [0.15, 0.2) is 85.2 Å². The number of esters is 5. The number of ether oxygens (including phenoxy) is 8. The van der Waals surface area contributed by atoms with Crippen LogP contribution in [0.3, 0.4) is 0 Å². The van der Waals surface area contributed by atoms with E-state index in [1.54, 1.807) is 75.4 Å². The molecule has 0 bridgehead atoms. The highest BCUT2D eigenvalue weighted by atomic mass is 19.1. The van der Waals surface area contributed by atoms with E-state index < -0.39 is 188 Å². The second-order valence-electron chi connectivity index (χ2n) is 39.8. The minimum atomic E-state index is -2.95. The summed E-state index contributed by atoms with van der Waals surface area (Å²) in [6.07, 6.45) is 9.77. The van der Waals surface area contributed by atoms with Crippen LogP contribution in [0.2, 0.25) is 0 Å². The number of carbonyl (C=O) groups is 10.